The van der Waals surface area contributed by atoms with Gasteiger partial charge in [-0.15, -0.1) is 0 Å². The summed E-state index contributed by atoms with van der Waals surface area (Å²) in [5, 5.41) is -1.34. The van der Waals surface area contributed by atoms with Crippen molar-refractivity contribution in [1.82, 2.24) is 38.7 Å². The molecule has 0 radical (unpaired) electrons. The molecule has 0 bridgehead atoms. The molecule has 2 amide bonds. The molecule has 6 aromatic carbocycles. The van der Waals surface area contributed by atoms with E-state index >= 15 is 0 Å². The first-order chi connectivity index (χ1) is 58.3. The van der Waals surface area contributed by atoms with Gasteiger partial charge in [0.1, 0.15) is 24.6 Å². The second kappa shape index (κ2) is 32.9. The van der Waals surface area contributed by atoms with Crippen LogP contribution in [0.15, 0.2) is 159 Å². The summed E-state index contributed by atoms with van der Waals surface area (Å²) in [5.41, 5.74) is -9.73. The lowest BCUT2D eigenvalue weighted by molar-refractivity contribution is -0.138. The molecule has 0 N–H and O–H groups in total. The number of alkyl halides is 6. The van der Waals surface area contributed by atoms with Gasteiger partial charge in [-0.05, 0) is 163 Å². The van der Waals surface area contributed by atoms with E-state index in [-0.39, 0.29) is 39.8 Å². The highest BCUT2D eigenvalue weighted by Crippen LogP contribution is 2.36. The van der Waals surface area contributed by atoms with Crippen LogP contribution in [0.1, 0.15) is 146 Å². The summed E-state index contributed by atoms with van der Waals surface area (Å²) in [4.78, 5) is 67.3. The summed E-state index contributed by atoms with van der Waals surface area (Å²) in [7, 11) is 0. The Morgan fingerprint density at radius 2 is 1.03 bits per heavy atom. The number of nitrogens with zero attached hydrogens (tertiary/aromatic N) is 8. The molecule has 2 aromatic heterocycles. The van der Waals surface area contributed by atoms with Crippen LogP contribution < -0.4 is 11.1 Å². The summed E-state index contributed by atoms with van der Waals surface area (Å²) >= 11 is 0.832. The molecular weight excluding hydrogens is 1280 g/mol. The zero-order valence-electron chi connectivity index (χ0n) is 83.9. The highest BCUT2D eigenvalue weighted by atomic mass is 32.2. The maximum Gasteiger partial charge on any atom is 0.416 e. The average Bonchev–Trinajstić information content (AvgIpc) is 1.52. The number of hydrogen-bond donors (Lipinski definition) is 0. The minimum absolute atomic E-state index is 0.00697. The van der Waals surface area contributed by atoms with Crippen LogP contribution in [0.25, 0.3) is 22.3 Å². The molecule has 96 heavy (non-hydrogen) atoms. The van der Waals surface area contributed by atoms with Crippen molar-refractivity contribution in [2.24, 2.45) is 5.89 Å². The number of hydrogen-bond acceptors (Lipinski definition) is 10. The third-order valence-electron chi connectivity index (χ3n) is 14.5. The largest absolute Gasteiger partial charge is 0.416 e. The fourth-order valence-corrected chi connectivity index (χ4v) is 11.3. The fraction of sp³-hybridized carbons (Fsp3) is 0.378. The van der Waals surface area contributed by atoms with E-state index in [1.165, 1.54) is 36.4 Å². The number of likely N-dealkylation sites (N-methyl/N-ethyl adjacent to an activating group) is 2. The van der Waals surface area contributed by atoms with E-state index in [4.69, 9.17) is 38.4 Å². The van der Waals surface area contributed by atoms with Crippen LogP contribution in [0.5, 0.6) is 0 Å². The molecular formula is C74H80F8N8O4S2. The molecule has 0 saturated heterocycles. The van der Waals surface area contributed by atoms with E-state index in [0.29, 0.717) is 50.9 Å². The molecule has 508 valence electrons. The number of fused-ring (bicyclic) bond motifs is 2. The van der Waals surface area contributed by atoms with Gasteiger partial charge in [-0.2, -0.15) is 36.3 Å². The van der Waals surface area contributed by atoms with Gasteiger partial charge >= 0.3 is 12.4 Å². The molecule has 1 unspecified atom stereocenters. The summed E-state index contributed by atoms with van der Waals surface area (Å²) < 4.78 is 384. The second-order valence-electron chi connectivity index (χ2n) is 20.9. The van der Waals surface area contributed by atoms with Crippen LogP contribution in [0, 0.1) is 24.5 Å². The van der Waals surface area contributed by atoms with E-state index in [1.54, 1.807) is 0 Å². The van der Waals surface area contributed by atoms with Crippen LogP contribution in [0.4, 0.5) is 35.1 Å². The monoisotopic (exact) mass is 1390 g/mol. The third kappa shape index (κ3) is 19.0. The van der Waals surface area contributed by atoms with Crippen molar-refractivity contribution in [2.45, 2.75) is 134 Å². The molecule has 0 aliphatic heterocycles. The van der Waals surface area contributed by atoms with Gasteiger partial charge in [0.15, 0.2) is 10.3 Å². The molecule has 0 fully saturated rings. The number of rotatable bonds is 26. The van der Waals surface area contributed by atoms with Crippen LogP contribution in [-0.2, 0) is 85.1 Å². The molecule has 22 heteroatoms. The highest BCUT2D eigenvalue weighted by Gasteiger charge is 2.34. The van der Waals surface area contributed by atoms with Crippen molar-refractivity contribution in [3.8, 4) is 22.3 Å². The lowest BCUT2D eigenvalue weighted by Gasteiger charge is -2.28. The smallest absolute Gasteiger partial charge is 0.336 e. The van der Waals surface area contributed by atoms with Gasteiger partial charge in [0.05, 0.1) is 37.2 Å². The van der Waals surface area contributed by atoms with Gasteiger partial charge in [0.2, 0.25) is 11.8 Å². The maximum atomic E-state index is 14.9. The zero-order valence-corrected chi connectivity index (χ0v) is 53.6. The number of thioether (sulfide) groups is 2. The minimum Gasteiger partial charge on any atom is -0.336 e. The normalized spacial score (nSPS) is 21.1. The molecule has 1 atom stereocenters. The van der Waals surface area contributed by atoms with Crippen molar-refractivity contribution in [2.75, 3.05) is 52.2 Å². The maximum absolute atomic E-state index is 14.9. The first-order valence-electron chi connectivity index (χ1n) is 45.1. The predicted octanol–water partition coefficient (Wildman–Crippen LogP) is 15.0. The van der Waals surface area contributed by atoms with Crippen LogP contribution >= 0.6 is 23.5 Å². The molecule has 10 rings (SSSR count). The number of carbonyl (C=O) groups is 2. The number of carbonyl (C=O) groups excluding carboxylic acids is 2. The Balaban J connectivity index is 0.000000289. The number of aromatic nitrogens is 4. The molecule has 12 nitrogen and oxygen atoms in total. The lowest BCUT2D eigenvalue weighted by Crippen LogP contribution is -2.40. The first kappa shape index (κ1) is 40.7. The third-order valence-corrected chi connectivity index (χ3v) is 16.4. The van der Waals surface area contributed by atoms with Gasteiger partial charge in [0.25, 0.3) is 11.1 Å². The Bertz CT molecular complexity index is 5710. The summed E-state index contributed by atoms with van der Waals surface area (Å²) in [6.45, 7) is -14.9. The van der Waals surface area contributed by atoms with E-state index in [0.717, 1.165) is 68.0 Å². The van der Waals surface area contributed by atoms with Gasteiger partial charge in [-0.3, -0.25) is 19.2 Å². The topological polar surface area (TPSA) is 117 Å². The van der Waals surface area contributed by atoms with Gasteiger partial charge in [0, 0.05) is 91.1 Å². The Morgan fingerprint density at radius 3 is 1.52 bits per heavy atom. The van der Waals surface area contributed by atoms with Crippen molar-refractivity contribution in [3.05, 3.63) is 233 Å². The predicted molar refractivity (Wildman–Crippen MR) is 362 cm³/mol. The average molecular weight is 1390 g/mol. The summed E-state index contributed by atoms with van der Waals surface area (Å²) in [6, 6.07) is -4.76. The molecule has 0 spiro atoms. The second-order valence-corrected chi connectivity index (χ2v) is 22.7. The van der Waals surface area contributed by atoms with Crippen LogP contribution in [0.2, 0.25) is 0 Å². The van der Waals surface area contributed by atoms with Crippen LogP contribution in [-0.4, -0.2) is 103 Å². The van der Waals surface area contributed by atoms with Crippen LogP contribution in [0.3, 0.4) is 0 Å². The SMILES string of the molecule is [2H]c1c([2H])c(CSc2nc(=O)c3c(n2C([2H])([2H])C(=O)N(CCN(C([2H])([2H])C)C([2H])([2H])C)Cc2c([2H])c([2H])c(-c4c([2H])c([2H])c(C(F)(F)F)c(C)c4[2H])c([2H])c2[2H])CCC3)c([2H])c([2H])c1F.[2H]c1c([2H])c(CSc2nc(=O)c3c(n2C([2H])([2H])C(=O)N(CCN(C([2H])([2H])C)C([2H])([2H])C)Cc2ccc(-c4ccc(C(F)(F)F)cc4)cc2)C([2H])([2H])C([2H])(C)C3([2H])[2H])c([2H])c([2H])c1F. The zero-order chi connectivity index (χ0) is 97.2. The van der Waals surface area contributed by atoms with Crippen molar-refractivity contribution in [3.63, 3.8) is 0 Å². The van der Waals surface area contributed by atoms with E-state index < -0.39 is 306 Å². The van der Waals surface area contributed by atoms with Gasteiger partial charge in [-0.1, -0.05) is 155 Å². The van der Waals surface area contributed by atoms with E-state index in [9.17, 15) is 59.8 Å². The lowest BCUT2D eigenvalue weighted by atomic mass is 9.98. The minimum atomic E-state index is -5.17. The molecule has 0 saturated carbocycles. The van der Waals surface area contributed by atoms with Crippen molar-refractivity contribution >= 4 is 35.3 Å². The summed E-state index contributed by atoms with van der Waals surface area (Å²) in [5.74, 6) is -10.1. The Morgan fingerprint density at radius 1 is 0.573 bits per heavy atom. The number of amides is 2. The molecule has 2 aliphatic carbocycles. The van der Waals surface area contributed by atoms with Gasteiger partial charge in [-0.25, -0.2) is 8.78 Å². The fourth-order valence-electron chi connectivity index (χ4n) is 9.60. The van der Waals surface area contributed by atoms with E-state index in [1.807, 2.05) is 0 Å². The Hall–Kier alpha value is -7.92. The first-order valence-corrected chi connectivity index (χ1v) is 31.0. The van der Waals surface area contributed by atoms with E-state index in [2.05, 4.69) is 9.97 Å². The quantitative estimate of drug-likeness (QED) is 0.0295. The van der Waals surface area contributed by atoms with Gasteiger partial charge < -0.3 is 28.7 Å². The van der Waals surface area contributed by atoms with Crippen molar-refractivity contribution in [1.29, 1.82) is 0 Å². The summed E-state index contributed by atoms with van der Waals surface area (Å²) in [6.07, 6.45) is -15.7. The molecule has 8 aromatic rings. The number of benzene rings is 6. The Labute approximate surface area is 608 Å². The standard InChI is InChI=1S/2C37H40F4N4O2S/c1-4-43(5-2)18-19-44(22-26-6-10-28(11-7-26)29-12-14-30(15-13-29)37(39,40)41)34(46)23-45-33-21-25(3)20-32(33)35(47)42-36(45)48-24-27-8-16-31(38)17-9-27;1-4-43(5-2)19-20-44(22-26-9-13-28(14-10-26)29-15-18-32(25(3)21-29)37(39,40)41)34(46)23-45-33-8-6-7-31(33)35(47)42-36(45)48-24-27-11-16-30(38)17-12-27/h6-17,25H,4-5,18-24H2,1-3H3;9-18,21H,4-8,19-20,22-24H2,1-3H3/i4D2,5D2,8D,9D,16D,17D,20D2,21D2,23D2,25D;4D2,5D2,9D,10D,11D,12D,13D,14D,15D,16D,17D,18D,21D,23D2. The van der Waals surface area contributed by atoms with Crippen molar-refractivity contribution < 1.29 is 88.6 Å². The molecule has 2 aliphatic rings. The molecule has 2 heterocycles. The number of halogens is 8. The Kier molecular flexibility index (Phi) is 13.9. The highest BCUT2D eigenvalue weighted by molar-refractivity contribution is 7.98.